The Morgan fingerprint density at radius 2 is 2.12 bits per heavy atom. The van der Waals surface area contributed by atoms with Crippen molar-refractivity contribution >= 4 is 21.4 Å². The number of thiophene rings is 1. The number of aliphatic hydroxyl groups is 2. The highest BCUT2D eigenvalue weighted by Gasteiger charge is 2.21. The summed E-state index contributed by atoms with van der Waals surface area (Å²) in [5.74, 6) is 0. The number of hydrogen-bond acceptors (Lipinski definition) is 5. The van der Waals surface area contributed by atoms with E-state index in [9.17, 15) is 5.11 Å². The molecule has 3 heterocycles. The maximum atomic E-state index is 9.84. The highest BCUT2D eigenvalue weighted by atomic mass is 32.1. The molecule has 0 radical (unpaired) electrons. The van der Waals surface area contributed by atoms with Gasteiger partial charge in [-0.1, -0.05) is 18.2 Å². The lowest BCUT2D eigenvalue weighted by Gasteiger charge is -2.20. The van der Waals surface area contributed by atoms with E-state index in [4.69, 9.17) is 5.11 Å². The molecule has 25 heavy (non-hydrogen) atoms. The molecule has 1 aliphatic heterocycles. The van der Waals surface area contributed by atoms with Crippen LogP contribution in [0.25, 0.3) is 10.1 Å². The zero-order valence-electron chi connectivity index (χ0n) is 14.4. The van der Waals surface area contributed by atoms with Crippen molar-refractivity contribution in [1.82, 2.24) is 14.7 Å². The van der Waals surface area contributed by atoms with Gasteiger partial charge < -0.3 is 10.2 Å². The van der Waals surface area contributed by atoms with Gasteiger partial charge in [0.25, 0.3) is 0 Å². The van der Waals surface area contributed by atoms with Crippen LogP contribution in [0.2, 0.25) is 0 Å². The molecular formula is C19H23N3O2S. The van der Waals surface area contributed by atoms with Gasteiger partial charge in [0.05, 0.1) is 18.0 Å². The van der Waals surface area contributed by atoms with Gasteiger partial charge in [-0.2, -0.15) is 5.10 Å². The lowest BCUT2D eigenvalue weighted by Crippen LogP contribution is -2.23. The molecule has 0 spiro atoms. The fourth-order valence-electron chi connectivity index (χ4n) is 3.58. The van der Waals surface area contributed by atoms with E-state index in [0.717, 1.165) is 38.3 Å². The number of aliphatic hydroxyl groups excluding tert-OH is 2. The van der Waals surface area contributed by atoms with Crippen molar-refractivity contribution < 1.29 is 10.2 Å². The van der Waals surface area contributed by atoms with Crippen molar-refractivity contribution in [2.75, 3.05) is 13.2 Å². The third-order valence-corrected chi connectivity index (χ3v) is 6.04. The quantitative estimate of drug-likeness (QED) is 0.754. The smallest absolute Gasteiger partial charge is 0.121 e. The van der Waals surface area contributed by atoms with Crippen LogP contribution in [-0.2, 0) is 19.6 Å². The van der Waals surface area contributed by atoms with Crippen LogP contribution in [0.15, 0.2) is 30.3 Å². The fraction of sp³-hybridized carbons (Fsp3) is 0.421. The number of fused-ring (bicyclic) bond motifs is 2. The average molecular weight is 357 g/mol. The zero-order chi connectivity index (χ0) is 17.4. The van der Waals surface area contributed by atoms with Gasteiger partial charge >= 0.3 is 0 Å². The second-order valence-corrected chi connectivity index (χ2v) is 7.94. The first-order valence-corrected chi connectivity index (χ1v) is 9.52. The number of benzene rings is 1. The van der Waals surface area contributed by atoms with Crippen molar-refractivity contribution in [2.45, 2.75) is 39.1 Å². The third kappa shape index (κ3) is 3.22. The molecule has 1 aliphatic rings. The summed E-state index contributed by atoms with van der Waals surface area (Å²) in [7, 11) is 0. The van der Waals surface area contributed by atoms with E-state index >= 15 is 0 Å². The third-order valence-electron chi connectivity index (χ3n) is 4.91. The Balaban J connectivity index is 1.59. The van der Waals surface area contributed by atoms with E-state index in [0.29, 0.717) is 5.69 Å². The van der Waals surface area contributed by atoms with Gasteiger partial charge in [-0.3, -0.25) is 9.58 Å². The van der Waals surface area contributed by atoms with Crippen molar-refractivity contribution in [1.29, 1.82) is 0 Å². The Morgan fingerprint density at radius 3 is 2.96 bits per heavy atom. The Labute approximate surface area is 151 Å². The van der Waals surface area contributed by atoms with Gasteiger partial charge in [0.15, 0.2) is 0 Å². The van der Waals surface area contributed by atoms with Gasteiger partial charge in [0, 0.05) is 35.8 Å². The lowest BCUT2D eigenvalue weighted by atomic mass is 10.1. The van der Waals surface area contributed by atoms with Crippen LogP contribution in [0.1, 0.15) is 34.4 Å². The maximum Gasteiger partial charge on any atom is 0.121 e. The minimum Gasteiger partial charge on any atom is -0.393 e. The summed E-state index contributed by atoms with van der Waals surface area (Å²) < 4.78 is 3.33. The van der Waals surface area contributed by atoms with Crippen molar-refractivity contribution in [2.24, 2.45) is 0 Å². The van der Waals surface area contributed by atoms with Crippen molar-refractivity contribution in [3.63, 3.8) is 0 Å². The molecule has 0 saturated carbocycles. The number of hydrogen-bond donors (Lipinski definition) is 2. The van der Waals surface area contributed by atoms with Gasteiger partial charge in [-0.15, -0.1) is 11.3 Å². The first-order valence-electron chi connectivity index (χ1n) is 8.70. The van der Waals surface area contributed by atoms with Crippen LogP contribution in [0.5, 0.6) is 0 Å². The van der Waals surface area contributed by atoms with Gasteiger partial charge in [-0.05, 0) is 36.4 Å². The van der Waals surface area contributed by atoms with Crippen molar-refractivity contribution in [3.8, 4) is 0 Å². The molecule has 1 aromatic carbocycles. The van der Waals surface area contributed by atoms with Crippen LogP contribution in [0.4, 0.5) is 0 Å². The maximum absolute atomic E-state index is 9.84. The molecule has 0 fully saturated rings. The first-order chi connectivity index (χ1) is 12.2. The van der Waals surface area contributed by atoms with Crippen LogP contribution in [0.3, 0.4) is 0 Å². The summed E-state index contributed by atoms with van der Waals surface area (Å²) in [6, 6.07) is 10.5. The van der Waals surface area contributed by atoms with E-state index in [2.05, 4.69) is 41.2 Å². The summed E-state index contributed by atoms with van der Waals surface area (Å²) >= 11 is 1.86. The summed E-state index contributed by atoms with van der Waals surface area (Å²) in [5.41, 5.74) is 3.10. The zero-order valence-corrected chi connectivity index (χ0v) is 15.2. The summed E-state index contributed by atoms with van der Waals surface area (Å²) in [5, 5.41) is 24.8. The lowest BCUT2D eigenvalue weighted by molar-refractivity contribution is 0.0916. The van der Waals surface area contributed by atoms with Crippen LogP contribution >= 0.6 is 11.3 Å². The summed E-state index contributed by atoms with van der Waals surface area (Å²) in [6.45, 7) is 5.55. The first kappa shape index (κ1) is 16.7. The molecule has 5 nitrogen and oxygen atoms in total. The summed E-state index contributed by atoms with van der Waals surface area (Å²) in [4.78, 5) is 3.84. The normalized spacial score (nSPS) is 16.8. The Bertz CT molecular complexity index is 886. The van der Waals surface area contributed by atoms with Gasteiger partial charge in [0.1, 0.15) is 6.10 Å². The standard InChI is InChI=1S/C19H23N3O2S/c1-13-16(15-5-2-3-6-19(15)25-13)11-21-7-4-8-22-14(10-21)9-17(20-22)18(24)12-23/h2-3,5-6,9,18,23-24H,4,7-8,10-12H2,1H3. The number of rotatable bonds is 4. The Hall–Kier alpha value is -1.73. The molecule has 0 bridgehead atoms. The predicted octanol–water partition coefficient (Wildman–Crippen LogP) is 2.84. The van der Waals surface area contributed by atoms with Crippen molar-refractivity contribution in [3.05, 3.63) is 52.2 Å². The molecule has 1 unspecified atom stereocenters. The van der Waals surface area contributed by atoms with Gasteiger partial charge in [-0.25, -0.2) is 0 Å². The number of nitrogens with zero attached hydrogens (tertiary/aromatic N) is 3. The molecule has 132 valence electrons. The van der Waals surface area contributed by atoms with E-state index in [1.54, 1.807) is 0 Å². The fourth-order valence-corrected chi connectivity index (χ4v) is 4.66. The second kappa shape index (κ2) is 6.88. The van der Waals surface area contributed by atoms with Gasteiger partial charge in [0.2, 0.25) is 0 Å². The number of aryl methyl sites for hydroxylation is 2. The Kier molecular flexibility index (Phi) is 4.60. The second-order valence-electron chi connectivity index (χ2n) is 6.68. The predicted molar refractivity (Wildman–Crippen MR) is 99.6 cm³/mol. The van der Waals surface area contributed by atoms with E-state index in [1.165, 1.54) is 20.5 Å². The molecule has 4 rings (SSSR count). The van der Waals surface area contributed by atoms with E-state index in [-0.39, 0.29) is 6.61 Å². The molecule has 2 N–H and O–H groups in total. The minimum absolute atomic E-state index is 0.291. The highest BCUT2D eigenvalue weighted by molar-refractivity contribution is 7.19. The molecule has 0 saturated heterocycles. The SMILES string of the molecule is Cc1sc2ccccc2c1CN1CCCn2nc(C(O)CO)cc2C1. The molecule has 0 amide bonds. The van der Waals surface area contributed by atoms with Crippen LogP contribution in [-0.4, -0.2) is 38.0 Å². The molecule has 6 heteroatoms. The molecule has 3 aromatic rings. The summed E-state index contributed by atoms with van der Waals surface area (Å²) in [6.07, 6.45) is 0.140. The Morgan fingerprint density at radius 1 is 1.28 bits per heavy atom. The molecule has 2 aromatic heterocycles. The van der Waals surface area contributed by atoms with Crippen LogP contribution < -0.4 is 0 Å². The number of aromatic nitrogens is 2. The topological polar surface area (TPSA) is 61.5 Å². The molecule has 1 atom stereocenters. The monoisotopic (exact) mass is 357 g/mol. The minimum atomic E-state index is -0.893. The van der Waals surface area contributed by atoms with E-state index in [1.807, 2.05) is 22.1 Å². The molecular weight excluding hydrogens is 334 g/mol. The molecule has 0 aliphatic carbocycles. The van der Waals surface area contributed by atoms with Crippen LogP contribution in [0, 0.1) is 6.92 Å². The van der Waals surface area contributed by atoms with E-state index < -0.39 is 6.10 Å². The highest BCUT2D eigenvalue weighted by Crippen LogP contribution is 2.32. The largest absolute Gasteiger partial charge is 0.393 e. The average Bonchev–Trinajstić information content (AvgIpc) is 3.09.